The molecule has 0 bridgehead atoms. The van der Waals surface area contributed by atoms with Gasteiger partial charge in [-0.2, -0.15) is 0 Å². The third-order valence-corrected chi connectivity index (χ3v) is 2.64. The highest BCUT2D eigenvalue weighted by atomic mass is 16.5. The summed E-state index contributed by atoms with van der Waals surface area (Å²) in [5.74, 6) is -1.41. The van der Waals surface area contributed by atoms with E-state index in [1.54, 1.807) is 0 Å². The van der Waals surface area contributed by atoms with E-state index in [1.165, 1.54) is 0 Å². The van der Waals surface area contributed by atoms with Crippen LogP contribution in [-0.2, 0) is 19.1 Å². The van der Waals surface area contributed by atoms with E-state index < -0.39 is 17.9 Å². The lowest BCUT2D eigenvalue weighted by Gasteiger charge is -2.19. The van der Waals surface area contributed by atoms with Crippen molar-refractivity contribution in [2.45, 2.75) is 46.5 Å². The van der Waals surface area contributed by atoms with Gasteiger partial charge in [-0.05, 0) is 18.3 Å². The molecular weight excluding hydrogens is 244 g/mol. The Morgan fingerprint density at radius 3 is 2.21 bits per heavy atom. The van der Waals surface area contributed by atoms with Crippen LogP contribution >= 0.6 is 0 Å². The van der Waals surface area contributed by atoms with Crippen molar-refractivity contribution < 1.29 is 19.1 Å². The first-order valence-corrected chi connectivity index (χ1v) is 6.42. The number of carbonyl (C=O) groups excluding carboxylic acids is 2. The van der Waals surface area contributed by atoms with Gasteiger partial charge in [0.15, 0.2) is 0 Å². The van der Waals surface area contributed by atoms with Gasteiger partial charge in [-0.15, -0.1) is 0 Å². The number of hydrogen-bond donors (Lipinski definition) is 0. The van der Waals surface area contributed by atoms with Crippen LogP contribution in [0, 0.1) is 11.3 Å². The third-order valence-electron chi connectivity index (χ3n) is 2.64. The number of hydrogen-bond acceptors (Lipinski definition) is 4. The number of carbonyl (C=O) groups is 2. The second kappa shape index (κ2) is 8.51. The molecule has 0 N–H and O–H groups in total. The maximum atomic E-state index is 11.7. The molecule has 0 saturated heterocycles. The topological polar surface area (TPSA) is 52.6 Å². The Bertz CT molecular complexity index is 326. The summed E-state index contributed by atoms with van der Waals surface area (Å²) < 4.78 is 9.40. The molecule has 0 amide bonds. The molecule has 0 aliphatic heterocycles. The van der Waals surface area contributed by atoms with E-state index >= 15 is 0 Å². The molecule has 108 valence electrons. The molecule has 4 nitrogen and oxygen atoms in total. The minimum atomic E-state index is -0.493. The van der Waals surface area contributed by atoms with Gasteiger partial charge in [0.1, 0.15) is 0 Å². The zero-order valence-corrected chi connectivity index (χ0v) is 12.1. The smallest absolute Gasteiger partial charge is 0.314 e. The second-order valence-electron chi connectivity index (χ2n) is 5.61. The summed E-state index contributed by atoms with van der Waals surface area (Å²) >= 11 is 0. The Kier molecular flexibility index (Phi) is 7.80. The molecule has 4 heteroatoms. The summed E-state index contributed by atoms with van der Waals surface area (Å²) in [4.78, 5) is 23.1. The van der Waals surface area contributed by atoms with Gasteiger partial charge in [-0.3, -0.25) is 9.59 Å². The predicted octanol–water partition coefficient (Wildman–Crippen LogP) is 3.58. The van der Waals surface area contributed by atoms with Crippen molar-refractivity contribution in [2.75, 3.05) is 0 Å². The number of ether oxygens (including phenoxy) is 2. The lowest BCUT2D eigenvalue weighted by Crippen LogP contribution is -2.20. The third kappa shape index (κ3) is 9.05. The summed E-state index contributed by atoms with van der Waals surface area (Å²) in [6.07, 6.45) is 4.56. The second-order valence-corrected chi connectivity index (χ2v) is 5.61. The quantitative estimate of drug-likeness (QED) is 0.498. The first-order chi connectivity index (χ1) is 8.80. The molecule has 0 spiro atoms. The summed E-state index contributed by atoms with van der Waals surface area (Å²) in [5.41, 5.74) is 0.203. The highest BCUT2D eigenvalue weighted by molar-refractivity contribution is 5.80. The summed E-state index contributed by atoms with van der Waals surface area (Å²) in [5, 5.41) is 0. The predicted molar refractivity (Wildman–Crippen MR) is 74.0 cm³/mol. The van der Waals surface area contributed by atoms with E-state index in [4.69, 9.17) is 4.74 Å². The largest absolute Gasteiger partial charge is 0.435 e. The van der Waals surface area contributed by atoms with Gasteiger partial charge in [0.05, 0.1) is 24.9 Å². The zero-order valence-electron chi connectivity index (χ0n) is 12.1. The molecule has 0 saturated carbocycles. The molecule has 0 aliphatic carbocycles. The van der Waals surface area contributed by atoms with Crippen LogP contribution in [0.15, 0.2) is 25.7 Å². The van der Waals surface area contributed by atoms with E-state index in [0.717, 1.165) is 25.4 Å². The lowest BCUT2D eigenvalue weighted by atomic mass is 9.87. The summed E-state index contributed by atoms with van der Waals surface area (Å²) in [6.45, 7) is 13.1. The van der Waals surface area contributed by atoms with Gasteiger partial charge < -0.3 is 9.47 Å². The lowest BCUT2D eigenvalue weighted by molar-refractivity contribution is -0.149. The molecule has 0 rings (SSSR count). The SMILES string of the molecule is C=COC(=O)CC(CCCC(C)(C)C)C(=O)OC=C. The Hall–Kier alpha value is -1.58. The Morgan fingerprint density at radius 1 is 1.16 bits per heavy atom. The average Bonchev–Trinajstić information content (AvgIpc) is 2.26. The van der Waals surface area contributed by atoms with E-state index in [9.17, 15) is 9.59 Å². The van der Waals surface area contributed by atoms with Crippen molar-refractivity contribution in [3.05, 3.63) is 25.7 Å². The Labute approximate surface area is 115 Å². The van der Waals surface area contributed by atoms with E-state index in [-0.39, 0.29) is 11.8 Å². The molecule has 0 aromatic rings. The number of esters is 2. The maximum Gasteiger partial charge on any atom is 0.314 e. The average molecular weight is 268 g/mol. The highest BCUT2D eigenvalue weighted by Gasteiger charge is 2.24. The molecule has 0 aliphatic rings. The van der Waals surface area contributed by atoms with Crippen molar-refractivity contribution in [1.82, 2.24) is 0 Å². The van der Waals surface area contributed by atoms with Crippen LogP contribution in [0.5, 0.6) is 0 Å². The molecule has 0 fully saturated rings. The van der Waals surface area contributed by atoms with Crippen molar-refractivity contribution in [3.63, 3.8) is 0 Å². The first kappa shape index (κ1) is 17.4. The van der Waals surface area contributed by atoms with Crippen LogP contribution in [0.3, 0.4) is 0 Å². The van der Waals surface area contributed by atoms with Crippen LogP contribution in [0.4, 0.5) is 0 Å². The van der Waals surface area contributed by atoms with E-state index in [0.29, 0.717) is 6.42 Å². The van der Waals surface area contributed by atoms with Crippen molar-refractivity contribution in [2.24, 2.45) is 11.3 Å². The van der Waals surface area contributed by atoms with E-state index in [1.807, 2.05) is 0 Å². The van der Waals surface area contributed by atoms with Gasteiger partial charge in [0, 0.05) is 0 Å². The van der Waals surface area contributed by atoms with Crippen LogP contribution in [0.1, 0.15) is 46.5 Å². The molecule has 0 radical (unpaired) electrons. The van der Waals surface area contributed by atoms with Gasteiger partial charge >= 0.3 is 11.9 Å². The van der Waals surface area contributed by atoms with Gasteiger partial charge in [-0.1, -0.05) is 40.3 Å². The maximum absolute atomic E-state index is 11.7. The van der Waals surface area contributed by atoms with Crippen LogP contribution in [0.25, 0.3) is 0 Å². The van der Waals surface area contributed by atoms with Gasteiger partial charge in [0.2, 0.25) is 0 Å². The molecular formula is C15H24O4. The highest BCUT2D eigenvalue weighted by Crippen LogP contribution is 2.25. The van der Waals surface area contributed by atoms with E-state index in [2.05, 4.69) is 38.7 Å². The van der Waals surface area contributed by atoms with Crippen molar-refractivity contribution >= 4 is 11.9 Å². The molecule has 0 heterocycles. The number of rotatable bonds is 8. The summed E-state index contributed by atoms with van der Waals surface area (Å²) in [6, 6.07) is 0. The monoisotopic (exact) mass is 268 g/mol. The normalized spacial score (nSPS) is 12.4. The fourth-order valence-corrected chi connectivity index (χ4v) is 1.70. The zero-order chi connectivity index (χ0) is 14.9. The molecule has 19 heavy (non-hydrogen) atoms. The fraction of sp³-hybridized carbons (Fsp3) is 0.600. The molecule has 0 aromatic heterocycles. The standard InChI is InChI=1S/C15H24O4/c1-6-18-13(16)11-12(14(17)19-7-2)9-8-10-15(3,4)5/h6-7,12H,1-2,8-11H2,3-5H3. The fourth-order valence-electron chi connectivity index (χ4n) is 1.70. The van der Waals surface area contributed by atoms with Crippen molar-refractivity contribution in [1.29, 1.82) is 0 Å². The van der Waals surface area contributed by atoms with Gasteiger partial charge in [-0.25, -0.2) is 0 Å². The molecule has 1 atom stereocenters. The molecule has 0 aromatic carbocycles. The minimum absolute atomic E-state index is 0.00281. The van der Waals surface area contributed by atoms with Gasteiger partial charge in [0.25, 0.3) is 0 Å². The van der Waals surface area contributed by atoms with Crippen molar-refractivity contribution in [3.8, 4) is 0 Å². The van der Waals surface area contributed by atoms with Crippen LogP contribution in [-0.4, -0.2) is 11.9 Å². The Balaban J connectivity index is 4.41. The first-order valence-electron chi connectivity index (χ1n) is 6.42. The Morgan fingerprint density at radius 2 is 1.74 bits per heavy atom. The van der Waals surface area contributed by atoms with Crippen LogP contribution < -0.4 is 0 Å². The van der Waals surface area contributed by atoms with Crippen LogP contribution in [0.2, 0.25) is 0 Å². The molecule has 1 unspecified atom stereocenters. The minimum Gasteiger partial charge on any atom is -0.435 e. The summed E-state index contributed by atoms with van der Waals surface area (Å²) in [7, 11) is 0.